The van der Waals surface area contributed by atoms with Crippen LogP contribution in [0.15, 0.2) is 200 Å². The highest BCUT2D eigenvalue weighted by Gasteiger charge is 2.59. The van der Waals surface area contributed by atoms with Gasteiger partial charge in [-0.1, -0.05) is 308 Å². The molecular weight excluding hydrogens is 1120 g/mol. The van der Waals surface area contributed by atoms with Crippen LogP contribution < -0.4 is 4.90 Å². The normalized spacial score (nSPS) is 13.6. The van der Waals surface area contributed by atoms with Gasteiger partial charge in [-0.05, 0) is 183 Å². The molecule has 0 saturated heterocycles. The lowest BCUT2D eigenvalue weighted by Crippen LogP contribution is -2.31. The van der Waals surface area contributed by atoms with E-state index in [1.54, 1.807) is 6.08 Å². The summed E-state index contributed by atoms with van der Waals surface area (Å²) in [5.41, 5.74) is 19.2. The highest BCUT2D eigenvalue weighted by Crippen LogP contribution is 2.70. The van der Waals surface area contributed by atoms with Crippen LogP contribution in [-0.4, -0.2) is 11.1 Å². The molecule has 0 bridgehead atoms. The molecule has 1 N–H and O–H groups in total. The number of nitriles is 1. The molecule has 0 fully saturated rings. The molecule has 0 atom stereocenters. The Hall–Kier alpha value is -8.00. The number of unbranched alkanes of at least 4 members (excludes halogenated alkanes) is 20. The highest BCUT2D eigenvalue weighted by molar-refractivity contribution is 6.16. The van der Waals surface area contributed by atoms with Crippen molar-refractivity contribution in [3.05, 3.63) is 272 Å². The zero-order valence-corrected chi connectivity index (χ0v) is 56.1. The summed E-state index contributed by atoms with van der Waals surface area (Å²) in [4.78, 5) is 15.3. The van der Waals surface area contributed by atoms with Crippen molar-refractivity contribution >= 4 is 40.3 Å². The van der Waals surface area contributed by atoms with E-state index in [-0.39, 0.29) is 5.57 Å². The Balaban J connectivity index is 1.28. The smallest absolute Gasteiger partial charge is 0.346 e. The van der Waals surface area contributed by atoms with Gasteiger partial charge >= 0.3 is 5.97 Å². The summed E-state index contributed by atoms with van der Waals surface area (Å²) in [5, 5.41) is 20.9. The number of nitrogens with zero attached hydrogens (tertiary/aromatic N) is 2. The predicted octanol–water partition coefficient (Wildman–Crippen LogP) is 24.4. The molecule has 0 aromatic heterocycles. The molecule has 0 unspecified atom stereocenters. The summed E-state index contributed by atoms with van der Waals surface area (Å²) < 4.78 is 0. The molecule has 0 saturated carbocycles. The zero-order chi connectivity index (χ0) is 64.0. The number of hydrogen-bond donors (Lipinski definition) is 1. The molecule has 10 rings (SSSR count). The van der Waals surface area contributed by atoms with Crippen LogP contribution in [0, 0.1) is 11.3 Å². The van der Waals surface area contributed by atoms with Gasteiger partial charge in [0.1, 0.15) is 11.6 Å². The topological polar surface area (TPSA) is 64.3 Å². The van der Waals surface area contributed by atoms with Crippen molar-refractivity contribution in [3.63, 3.8) is 0 Å². The van der Waals surface area contributed by atoms with Crippen molar-refractivity contribution < 1.29 is 9.90 Å². The number of aliphatic carboxylic acids is 1. The van der Waals surface area contributed by atoms with Gasteiger partial charge in [-0.3, -0.25) is 0 Å². The van der Waals surface area contributed by atoms with Crippen LogP contribution in [0.25, 0.3) is 17.2 Å². The second-order valence-corrected chi connectivity index (χ2v) is 26.6. The van der Waals surface area contributed by atoms with Crippen molar-refractivity contribution in [1.29, 1.82) is 5.26 Å². The molecule has 2 aliphatic rings. The van der Waals surface area contributed by atoms with Crippen molar-refractivity contribution in [2.75, 3.05) is 4.90 Å². The number of carboxylic acids is 1. The number of carbonyl (C=O) groups is 1. The van der Waals surface area contributed by atoms with E-state index in [1.807, 2.05) is 6.07 Å². The van der Waals surface area contributed by atoms with E-state index < -0.39 is 16.8 Å². The van der Waals surface area contributed by atoms with Gasteiger partial charge in [-0.25, -0.2) is 4.79 Å². The molecule has 8 aromatic carbocycles. The Morgan fingerprint density at radius 3 is 1.02 bits per heavy atom. The second kappa shape index (κ2) is 33.5. The van der Waals surface area contributed by atoms with Gasteiger partial charge < -0.3 is 10.0 Å². The second-order valence-electron chi connectivity index (χ2n) is 26.6. The Bertz CT molecular complexity index is 3560. The van der Waals surface area contributed by atoms with E-state index in [4.69, 9.17) is 0 Å². The van der Waals surface area contributed by atoms with Crippen LogP contribution in [-0.2, 0) is 41.3 Å². The third-order valence-corrected chi connectivity index (χ3v) is 20.2. The quantitative estimate of drug-likeness (QED) is 0.0239. The minimum Gasteiger partial charge on any atom is -0.477 e. The van der Waals surface area contributed by atoms with E-state index in [0.717, 1.165) is 79.6 Å². The van der Waals surface area contributed by atoms with Gasteiger partial charge in [0, 0.05) is 17.1 Å². The summed E-state index contributed by atoms with van der Waals surface area (Å²) in [5.74, 6) is -1.23. The Labute approximate surface area is 553 Å². The summed E-state index contributed by atoms with van der Waals surface area (Å²) in [6.45, 7) is 9.16. The first-order valence-corrected chi connectivity index (χ1v) is 36.0. The van der Waals surface area contributed by atoms with Crippen LogP contribution in [0.3, 0.4) is 0 Å². The molecule has 0 amide bonds. The average molecular weight is 1220 g/mol. The third kappa shape index (κ3) is 15.2. The maximum atomic E-state index is 12.8. The Morgan fingerprint density at radius 1 is 0.380 bits per heavy atom. The molecule has 0 spiro atoms. The molecule has 0 heterocycles. The highest BCUT2D eigenvalue weighted by atomic mass is 16.4. The number of allylic oxidation sites excluding steroid dienone is 2. The lowest BCUT2D eigenvalue weighted by molar-refractivity contribution is -0.132. The van der Waals surface area contributed by atoms with Crippen LogP contribution in [0.2, 0.25) is 0 Å². The summed E-state index contributed by atoms with van der Waals surface area (Å²) in [6.07, 6.45) is 35.7. The summed E-state index contributed by atoms with van der Waals surface area (Å²) in [6, 6.07) is 76.4. The zero-order valence-electron chi connectivity index (χ0n) is 56.1. The van der Waals surface area contributed by atoms with Crippen molar-refractivity contribution in [2.24, 2.45) is 0 Å². The van der Waals surface area contributed by atoms with Crippen LogP contribution in [0.4, 0.5) is 17.1 Å². The van der Waals surface area contributed by atoms with Crippen molar-refractivity contribution in [3.8, 4) is 6.07 Å². The first-order chi connectivity index (χ1) is 45.3. The standard InChI is InChI=1S/C88H102N2O2/c1-5-9-13-17-21-27-35-67-43-52-73(53-44-67)87(74-54-45-68(46-55-74)36-28-22-18-14-10-6-2)82-61-51-71(63-72(66-89)86(91)92)64-80(82)84-85(87)81-65-79(90(77-39-31-25-32-40-77)78-41-33-26-34-42-78)60-62-83(81)88(84,75-56-47-69(48-57-75)37-29-23-19-15-11-7-3)76-58-49-70(50-59-76)38-30-24-20-16-12-8-4/h25-26,31-34,39-65H,5-24,27-30,35-38H2,1-4H3,(H,91,92)/b72-63+. The fourth-order valence-electron chi connectivity index (χ4n) is 15.3. The first-order valence-electron chi connectivity index (χ1n) is 36.0. The van der Waals surface area contributed by atoms with Gasteiger partial charge in [-0.15, -0.1) is 0 Å². The van der Waals surface area contributed by atoms with Gasteiger partial charge in [-0.2, -0.15) is 5.26 Å². The number of carboxylic acid groups (broad SMARTS) is 1. The minimum absolute atomic E-state index is 0.292. The SMILES string of the molecule is CCCCCCCCc1ccc(C2(c3ccc(CCCCCCCC)cc3)C3=C(c4cc(/C=C(\C#N)C(=O)O)ccc42)C(c2ccc(CCCCCCCC)cc2)(c2ccc(CCCCCCCC)cc2)c2ccc(N(c4ccccc4)c4ccccc4)cc23)cc1. The van der Waals surface area contributed by atoms with Gasteiger partial charge in [0.05, 0.1) is 10.8 Å². The number of aryl methyl sites for hydroxylation is 4. The number of fused-ring (bicyclic) bond motifs is 4. The van der Waals surface area contributed by atoms with E-state index in [9.17, 15) is 15.2 Å². The van der Waals surface area contributed by atoms with Gasteiger partial charge in [0.25, 0.3) is 0 Å². The molecular formula is C88H102N2O2. The van der Waals surface area contributed by atoms with E-state index in [1.165, 1.54) is 195 Å². The van der Waals surface area contributed by atoms with E-state index in [0.29, 0.717) is 5.56 Å². The Kier molecular flexibility index (Phi) is 24.4. The predicted molar refractivity (Wildman–Crippen MR) is 389 cm³/mol. The molecule has 0 aliphatic heterocycles. The van der Waals surface area contributed by atoms with Crippen molar-refractivity contribution in [1.82, 2.24) is 0 Å². The molecule has 4 nitrogen and oxygen atoms in total. The van der Waals surface area contributed by atoms with Crippen LogP contribution >= 0.6 is 0 Å². The maximum Gasteiger partial charge on any atom is 0.346 e. The fourth-order valence-corrected chi connectivity index (χ4v) is 15.3. The molecule has 92 heavy (non-hydrogen) atoms. The number of anilines is 3. The number of benzene rings is 8. The average Bonchev–Trinajstić information content (AvgIpc) is 1.49. The Morgan fingerprint density at radius 2 is 0.696 bits per heavy atom. The van der Waals surface area contributed by atoms with Crippen LogP contribution in [0.1, 0.15) is 254 Å². The van der Waals surface area contributed by atoms with Gasteiger partial charge in [0.15, 0.2) is 0 Å². The number of hydrogen-bond acceptors (Lipinski definition) is 3. The molecule has 4 heteroatoms. The molecule has 476 valence electrons. The summed E-state index contributed by atoms with van der Waals surface area (Å²) in [7, 11) is 0. The monoisotopic (exact) mass is 1220 g/mol. The van der Waals surface area contributed by atoms with E-state index in [2.05, 4.69) is 227 Å². The van der Waals surface area contributed by atoms with Crippen molar-refractivity contribution in [2.45, 2.75) is 218 Å². The third-order valence-electron chi connectivity index (χ3n) is 20.2. The lowest BCUT2D eigenvalue weighted by atomic mass is 9.63. The number of para-hydroxylation sites is 2. The fraction of sp³-hybridized carbons (Fsp3) is 0.386. The number of rotatable bonds is 37. The van der Waals surface area contributed by atoms with Gasteiger partial charge in [0.2, 0.25) is 0 Å². The van der Waals surface area contributed by atoms with Crippen LogP contribution in [0.5, 0.6) is 0 Å². The van der Waals surface area contributed by atoms with E-state index >= 15 is 0 Å². The maximum absolute atomic E-state index is 12.8. The minimum atomic E-state index is -1.23. The summed E-state index contributed by atoms with van der Waals surface area (Å²) >= 11 is 0. The lowest BCUT2D eigenvalue weighted by Gasteiger charge is -2.38. The molecule has 2 aliphatic carbocycles. The first kappa shape index (κ1) is 66.9. The molecule has 0 radical (unpaired) electrons. The largest absolute Gasteiger partial charge is 0.477 e. The molecule has 8 aromatic rings.